The Morgan fingerprint density at radius 3 is 2.67 bits per heavy atom. The van der Waals surface area contributed by atoms with E-state index in [0.717, 1.165) is 44.4 Å². The Kier molecular flexibility index (Phi) is 4.64. The van der Waals surface area contributed by atoms with Gasteiger partial charge in [-0.3, -0.25) is 4.79 Å². The van der Waals surface area contributed by atoms with Gasteiger partial charge >= 0.3 is 6.18 Å². The van der Waals surface area contributed by atoms with Crippen molar-refractivity contribution >= 4 is 11.9 Å². The maximum absolute atomic E-state index is 12.8. The summed E-state index contributed by atoms with van der Waals surface area (Å²) < 4.78 is 38.5. The summed E-state index contributed by atoms with van der Waals surface area (Å²) in [5.41, 5.74) is -0.937. The molecule has 2 fully saturated rings. The van der Waals surface area contributed by atoms with Crippen LogP contribution in [0.3, 0.4) is 0 Å². The second-order valence-electron chi connectivity index (χ2n) is 6.56. The van der Waals surface area contributed by atoms with Crippen LogP contribution in [0.5, 0.6) is 0 Å². The highest BCUT2D eigenvalue weighted by Crippen LogP contribution is 2.31. The van der Waals surface area contributed by atoms with E-state index >= 15 is 0 Å². The number of halogens is 3. The summed E-state index contributed by atoms with van der Waals surface area (Å²) in [6, 6.07) is 0.863. The summed E-state index contributed by atoms with van der Waals surface area (Å²) in [4.78, 5) is 23.5. The van der Waals surface area contributed by atoms with E-state index < -0.39 is 11.9 Å². The van der Waals surface area contributed by atoms with Gasteiger partial charge in [-0.15, -0.1) is 0 Å². The van der Waals surface area contributed by atoms with Gasteiger partial charge in [-0.2, -0.15) is 13.2 Å². The largest absolute Gasteiger partial charge is 0.433 e. The first-order valence-corrected chi connectivity index (χ1v) is 8.28. The summed E-state index contributed by atoms with van der Waals surface area (Å²) in [5, 5.41) is 0. The molecule has 24 heavy (non-hydrogen) atoms. The molecule has 2 aliphatic rings. The number of amides is 1. The zero-order valence-corrected chi connectivity index (χ0v) is 13.6. The van der Waals surface area contributed by atoms with Crippen LogP contribution >= 0.6 is 0 Å². The Hall–Kier alpha value is -1.86. The molecule has 1 aromatic rings. The summed E-state index contributed by atoms with van der Waals surface area (Å²) in [6.07, 6.45) is 1.28. The Bertz CT molecular complexity index is 603. The highest BCUT2D eigenvalue weighted by atomic mass is 19.4. The highest BCUT2D eigenvalue weighted by molar-refractivity contribution is 5.79. The van der Waals surface area contributed by atoms with Crippen LogP contribution in [0.15, 0.2) is 12.3 Å². The van der Waals surface area contributed by atoms with Crippen molar-refractivity contribution in [1.82, 2.24) is 14.9 Å². The Morgan fingerprint density at radius 1 is 1.29 bits per heavy atom. The third-order valence-electron chi connectivity index (χ3n) is 4.96. The average molecular weight is 342 g/mol. The van der Waals surface area contributed by atoms with Crippen molar-refractivity contribution in [2.24, 2.45) is 5.92 Å². The molecule has 1 atom stereocenters. The van der Waals surface area contributed by atoms with Crippen molar-refractivity contribution < 1.29 is 18.0 Å². The van der Waals surface area contributed by atoms with Crippen molar-refractivity contribution in [3.63, 3.8) is 0 Å². The SMILES string of the molecule is CN(C(=O)C1CCC1)C1CCCN(c2nccc(C(F)(F)F)n2)C1. The number of rotatable bonds is 3. The molecular weight excluding hydrogens is 321 g/mol. The molecule has 5 nitrogen and oxygen atoms in total. The summed E-state index contributed by atoms with van der Waals surface area (Å²) in [6.45, 7) is 1.07. The van der Waals surface area contributed by atoms with Crippen LogP contribution < -0.4 is 4.90 Å². The fourth-order valence-electron chi connectivity index (χ4n) is 3.23. The average Bonchev–Trinajstić information content (AvgIpc) is 2.52. The maximum Gasteiger partial charge on any atom is 0.433 e. The Morgan fingerprint density at radius 2 is 2.04 bits per heavy atom. The quantitative estimate of drug-likeness (QED) is 0.847. The predicted molar refractivity (Wildman–Crippen MR) is 82.4 cm³/mol. The normalized spacial score (nSPS) is 22.2. The lowest BCUT2D eigenvalue weighted by molar-refractivity contribution is -0.141. The molecule has 0 spiro atoms. The standard InChI is InChI=1S/C16H21F3N4O/c1-22(14(24)11-4-2-5-11)12-6-3-9-23(10-12)15-20-8-7-13(21-15)16(17,18)19/h7-8,11-12H,2-6,9-10H2,1H3. The van der Waals surface area contributed by atoms with E-state index in [9.17, 15) is 18.0 Å². The van der Waals surface area contributed by atoms with E-state index in [1.54, 1.807) is 16.8 Å². The fourth-order valence-corrected chi connectivity index (χ4v) is 3.23. The second-order valence-corrected chi connectivity index (χ2v) is 6.56. The monoisotopic (exact) mass is 342 g/mol. The molecule has 1 saturated heterocycles. The topological polar surface area (TPSA) is 49.3 Å². The third-order valence-corrected chi connectivity index (χ3v) is 4.96. The van der Waals surface area contributed by atoms with Gasteiger partial charge in [0.05, 0.1) is 0 Å². The number of anilines is 1. The van der Waals surface area contributed by atoms with Crippen molar-refractivity contribution in [3.8, 4) is 0 Å². The Balaban J connectivity index is 1.70. The van der Waals surface area contributed by atoms with E-state index in [0.29, 0.717) is 13.1 Å². The lowest BCUT2D eigenvalue weighted by Crippen LogP contribution is -2.51. The van der Waals surface area contributed by atoms with Gasteiger partial charge in [-0.1, -0.05) is 6.42 Å². The van der Waals surface area contributed by atoms with Gasteiger partial charge in [-0.05, 0) is 31.7 Å². The first-order chi connectivity index (χ1) is 11.4. The molecule has 3 rings (SSSR count). The van der Waals surface area contributed by atoms with Gasteiger partial charge in [0.2, 0.25) is 11.9 Å². The molecule has 0 radical (unpaired) electrons. The van der Waals surface area contributed by atoms with Gasteiger partial charge in [0.25, 0.3) is 0 Å². The molecule has 0 N–H and O–H groups in total. The lowest BCUT2D eigenvalue weighted by Gasteiger charge is -2.40. The zero-order valence-electron chi connectivity index (χ0n) is 13.6. The molecule has 132 valence electrons. The van der Waals surface area contributed by atoms with Crippen LogP contribution in [-0.4, -0.2) is 47.0 Å². The minimum Gasteiger partial charge on any atom is -0.341 e. The van der Waals surface area contributed by atoms with E-state index in [1.165, 1.54) is 0 Å². The number of carbonyl (C=O) groups excluding carboxylic acids is 1. The number of piperidine rings is 1. The molecule has 1 amide bonds. The van der Waals surface area contributed by atoms with Crippen LogP contribution in [0.25, 0.3) is 0 Å². The number of aromatic nitrogens is 2. The number of alkyl halides is 3. The van der Waals surface area contributed by atoms with Gasteiger partial charge < -0.3 is 9.80 Å². The smallest absolute Gasteiger partial charge is 0.341 e. The Labute approximate surface area is 138 Å². The molecular formula is C16H21F3N4O. The minimum atomic E-state index is -4.48. The summed E-state index contributed by atoms with van der Waals surface area (Å²) in [5.74, 6) is 0.354. The molecule has 1 aromatic heterocycles. The van der Waals surface area contributed by atoms with Crippen LogP contribution in [0.1, 0.15) is 37.8 Å². The van der Waals surface area contributed by atoms with E-state index in [-0.39, 0.29) is 23.8 Å². The summed E-state index contributed by atoms with van der Waals surface area (Å²) >= 11 is 0. The van der Waals surface area contributed by atoms with Gasteiger partial charge in [0.1, 0.15) is 5.69 Å². The molecule has 0 aromatic carbocycles. The van der Waals surface area contributed by atoms with Crippen molar-refractivity contribution in [2.45, 2.75) is 44.3 Å². The van der Waals surface area contributed by atoms with Crippen LogP contribution in [0.2, 0.25) is 0 Å². The van der Waals surface area contributed by atoms with Crippen molar-refractivity contribution in [3.05, 3.63) is 18.0 Å². The van der Waals surface area contributed by atoms with Gasteiger partial charge in [-0.25, -0.2) is 9.97 Å². The number of hydrogen-bond donors (Lipinski definition) is 0. The van der Waals surface area contributed by atoms with Crippen molar-refractivity contribution in [1.29, 1.82) is 0 Å². The van der Waals surface area contributed by atoms with Crippen LogP contribution in [-0.2, 0) is 11.0 Å². The number of likely N-dealkylation sites (N-methyl/N-ethyl adjacent to an activating group) is 1. The maximum atomic E-state index is 12.8. The van der Waals surface area contributed by atoms with Crippen LogP contribution in [0, 0.1) is 5.92 Å². The molecule has 1 aliphatic heterocycles. The minimum absolute atomic E-state index is 0.00927. The van der Waals surface area contributed by atoms with E-state index in [1.807, 2.05) is 0 Å². The van der Waals surface area contributed by atoms with Crippen molar-refractivity contribution in [2.75, 3.05) is 25.0 Å². The molecule has 8 heteroatoms. The van der Waals surface area contributed by atoms with Crippen LogP contribution in [0.4, 0.5) is 19.1 Å². The van der Waals surface area contributed by atoms with E-state index in [4.69, 9.17) is 0 Å². The van der Waals surface area contributed by atoms with E-state index in [2.05, 4.69) is 9.97 Å². The highest BCUT2D eigenvalue weighted by Gasteiger charge is 2.35. The second kappa shape index (κ2) is 6.57. The molecule has 1 aliphatic carbocycles. The summed E-state index contributed by atoms with van der Waals surface area (Å²) in [7, 11) is 1.79. The fraction of sp³-hybridized carbons (Fsp3) is 0.688. The number of carbonyl (C=O) groups is 1. The van der Waals surface area contributed by atoms with Gasteiger partial charge in [0.15, 0.2) is 0 Å². The third kappa shape index (κ3) is 3.47. The molecule has 2 heterocycles. The lowest BCUT2D eigenvalue weighted by atomic mass is 9.84. The van der Waals surface area contributed by atoms with Gasteiger partial charge in [0, 0.05) is 38.3 Å². The zero-order chi connectivity index (χ0) is 17.3. The first kappa shape index (κ1) is 17.0. The first-order valence-electron chi connectivity index (χ1n) is 8.28. The molecule has 0 bridgehead atoms. The number of hydrogen-bond acceptors (Lipinski definition) is 4. The molecule has 1 saturated carbocycles. The predicted octanol–water partition coefficient (Wildman–Crippen LogP) is 2.72. The molecule has 1 unspecified atom stereocenters. The number of nitrogens with zero attached hydrogens (tertiary/aromatic N) is 4.